The van der Waals surface area contributed by atoms with Gasteiger partial charge in [-0.25, -0.2) is 4.79 Å². The van der Waals surface area contributed by atoms with Crippen LogP contribution in [0, 0.1) is 0 Å². The van der Waals surface area contributed by atoms with E-state index in [9.17, 15) is 4.79 Å². The summed E-state index contributed by atoms with van der Waals surface area (Å²) in [5.41, 5.74) is 1.85. The van der Waals surface area contributed by atoms with Crippen LogP contribution in [-0.4, -0.2) is 31.1 Å². The largest absolute Gasteiger partial charge is 0.380 e. The molecule has 1 aromatic carbocycles. The fourth-order valence-electron chi connectivity index (χ4n) is 2.39. The maximum Gasteiger partial charge on any atom is 0.321 e. The Bertz CT molecular complexity index is 412. The van der Waals surface area contributed by atoms with Crippen LogP contribution in [0.3, 0.4) is 0 Å². The number of rotatable bonds is 3. The molecule has 1 aromatic rings. The second-order valence-corrected chi connectivity index (χ2v) is 4.92. The molecule has 1 fully saturated rings. The normalized spacial score (nSPS) is 15.9. The first-order valence-electron chi connectivity index (χ1n) is 6.94. The number of hydrogen-bond donors (Lipinski definition) is 1. The smallest absolute Gasteiger partial charge is 0.321 e. The lowest BCUT2D eigenvalue weighted by Gasteiger charge is -2.21. The van der Waals surface area contributed by atoms with Gasteiger partial charge in [-0.05, 0) is 18.9 Å². The maximum atomic E-state index is 12.3. The second-order valence-electron chi connectivity index (χ2n) is 4.92. The van der Waals surface area contributed by atoms with E-state index < -0.39 is 0 Å². The minimum Gasteiger partial charge on any atom is -0.380 e. The van der Waals surface area contributed by atoms with Crippen LogP contribution in [0.5, 0.6) is 0 Å². The van der Waals surface area contributed by atoms with Gasteiger partial charge >= 0.3 is 6.03 Å². The molecule has 1 aliphatic rings. The first-order chi connectivity index (χ1) is 9.31. The zero-order chi connectivity index (χ0) is 13.5. The van der Waals surface area contributed by atoms with Gasteiger partial charge in [0.2, 0.25) is 0 Å². The fourth-order valence-corrected chi connectivity index (χ4v) is 2.39. The van der Waals surface area contributed by atoms with Crippen LogP contribution in [-0.2, 0) is 11.3 Å². The number of methoxy groups -OCH3 is 1. The van der Waals surface area contributed by atoms with E-state index in [0.29, 0.717) is 6.61 Å². The number of ether oxygens (including phenoxy) is 1. The Balaban J connectivity index is 2.01. The minimum atomic E-state index is 0.00505. The van der Waals surface area contributed by atoms with Gasteiger partial charge in [0.25, 0.3) is 0 Å². The Labute approximate surface area is 114 Å². The molecule has 1 saturated heterocycles. The highest BCUT2D eigenvalue weighted by molar-refractivity contribution is 5.90. The molecule has 2 amide bonds. The van der Waals surface area contributed by atoms with Gasteiger partial charge < -0.3 is 15.0 Å². The lowest BCUT2D eigenvalue weighted by molar-refractivity contribution is 0.185. The Kier molecular flexibility index (Phi) is 5.21. The number of likely N-dealkylation sites (tertiary alicyclic amines) is 1. The van der Waals surface area contributed by atoms with Gasteiger partial charge in [-0.1, -0.05) is 31.0 Å². The lowest BCUT2D eigenvalue weighted by atomic mass is 10.2. The molecule has 0 aromatic heterocycles. The number of amides is 2. The number of nitrogens with zero attached hydrogens (tertiary/aromatic N) is 1. The number of carbonyl (C=O) groups is 1. The molecule has 104 valence electrons. The van der Waals surface area contributed by atoms with Crippen molar-refractivity contribution in [3.05, 3.63) is 29.8 Å². The van der Waals surface area contributed by atoms with Crippen LogP contribution >= 0.6 is 0 Å². The van der Waals surface area contributed by atoms with Crippen LogP contribution in [0.1, 0.15) is 31.2 Å². The summed E-state index contributed by atoms with van der Waals surface area (Å²) in [4.78, 5) is 14.2. The van der Waals surface area contributed by atoms with Gasteiger partial charge in [0, 0.05) is 31.5 Å². The predicted molar refractivity (Wildman–Crippen MR) is 76.2 cm³/mol. The predicted octanol–water partition coefficient (Wildman–Crippen LogP) is 3.24. The van der Waals surface area contributed by atoms with E-state index in [1.54, 1.807) is 7.11 Å². The molecule has 0 bridgehead atoms. The number of nitrogens with one attached hydrogen (secondary N) is 1. The third kappa shape index (κ3) is 3.96. The van der Waals surface area contributed by atoms with Crippen LogP contribution in [0.15, 0.2) is 24.3 Å². The molecule has 1 heterocycles. The van der Waals surface area contributed by atoms with Crippen molar-refractivity contribution in [3.63, 3.8) is 0 Å². The molecule has 2 rings (SSSR count). The highest BCUT2D eigenvalue weighted by Gasteiger charge is 2.16. The van der Waals surface area contributed by atoms with Gasteiger partial charge in [0.05, 0.1) is 6.61 Å². The molecule has 19 heavy (non-hydrogen) atoms. The molecule has 4 heteroatoms. The molecule has 0 aliphatic carbocycles. The highest BCUT2D eigenvalue weighted by Crippen LogP contribution is 2.17. The van der Waals surface area contributed by atoms with Gasteiger partial charge in [-0.3, -0.25) is 0 Å². The average Bonchev–Trinajstić information content (AvgIpc) is 2.70. The Morgan fingerprint density at radius 1 is 1.21 bits per heavy atom. The Morgan fingerprint density at radius 2 is 1.89 bits per heavy atom. The van der Waals surface area contributed by atoms with E-state index in [4.69, 9.17) is 4.74 Å². The highest BCUT2D eigenvalue weighted by atomic mass is 16.5. The molecule has 0 saturated carbocycles. The van der Waals surface area contributed by atoms with Gasteiger partial charge in [0.1, 0.15) is 0 Å². The molecule has 1 aliphatic heterocycles. The van der Waals surface area contributed by atoms with Gasteiger partial charge in [0.15, 0.2) is 0 Å². The summed E-state index contributed by atoms with van der Waals surface area (Å²) in [6.07, 6.45) is 4.66. The van der Waals surface area contributed by atoms with Crippen molar-refractivity contribution in [1.82, 2.24) is 4.90 Å². The van der Waals surface area contributed by atoms with E-state index >= 15 is 0 Å². The van der Waals surface area contributed by atoms with E-state index in [1.807, 2.05) is 29.2 Å². The fraction of sp³-hybridized carbons (Fsp3) is 0.533. The number of benzene rings is 1. The third-order valence-electron chi connectivity index (χ3n) is 3.45. The SMILES string of the molecule is COCc1ccccc1NC(=O)N1CCCCCC1. The lowest BCUT2D eigenvalue weighted by Crippen LogP contribution is -2.35. The number of hydrogen-bond acceptors (Lipinski definition) is 2. The molecule has 0 atom stereocenters. The molecular weight excluding hydrogens is 240 g/mol. The maximum absolute atomic E-state index is 12.3. The first-order valence-corrected chi connectivity index (χ1v) is 6.94. The van der Waals surface area contributed by atoms with Crippen LogP contribution in [0.4, 0.5) is 10.5 Å². The van der Waals surface area contributed by atoms with Crippen molar-refractivity contribution in [2.45, 2.75) is 32.3 Å². The number of urea groups is 1. The molecule has 0 spiro atoms. The zero-order valence-corrected chi connectivity index (χ0v) is 11.5. The van der Waals surface area contributed by atoms with E-state index in [-0.39, 0.29) is 6.03 Å². The van der Waals surface area contributed by atoms with Crippen molar-refractivity contribution >= 4 is 11.7 Å². The molecule has 0 radical (unpaired) electrons. The van der Waals surface area contributed by atoms with Crippen molar-refractivity contribution in [3.8, 4) is 0 Å². The molecular formula is C15H22N2O2. The van der Waals surface area contributed by atoms with Crippen molar-refractivity contribution < 1.29 is 9.53 Å². The van der Waals surface area contributed by atoms with Crippen molar-refractivity contribution in [2.75, 3.05) is 25.5 Å². The van der Waals surface area contributed by atoms with Gasteiger partial charge in [-0.2, -0.15) is 0 Å². The third-order valence-corrected chi connectivity index (χ3v) is 3.45. The standard InChI is InChI=1S/C15H22N2O2/c1-19-12-13-8-4-5-9-14(13)16-15(18)17-10-6-2-3-7-11-17/h4-5,8-9H,2-3,6-7,10-12H2,1H3,(H,16,18). The Hall–Kier alpha value is -1.55. The number of para-hydroxylation sites is 1. The summed E-state index contributed by atoms with van der Waals surface area (Å²) >= 11 is 0. The number of anilines is 1. The summed E-state index contributed by atoms with van der Waals surface area (Å²) in [6.45, 7) is 2.23. The van der Waals surface area contributed by atoms with Gasteiger partial charge in [-0.15, -0.1) is 0 Å². The summed E-state index contributed by atoms with van der Waals surface area (Å²) in [5, 5.41) is 3.00. The van der Waals surface area contributed by atoms with Crippen LogP contribution < -0.4 is 5.32 Å². The van der Waals surface area contributed by atoms with Crippen LogP contribution in [0.25, 0.3) is 0 Å². The quantitative estimate of drug-likeness (QED) is 0.908. The Morgan fingerprint density at radius 3 is 2.58 bits per heavy atom. The topological polar surface area (TPSA) is 41.6 Å². The van der Waals surface area contributed by atoms with Crippen LogP contribution in [0.2, 0.25) is 0 Å². The van der Waals surface area contributed by atoms with E-state index in [2.05, 4.69) is 5.32 Å². The monoisotopic (exact) mass is 262 g/mol. The molecule has 0 unspecified atom stereocenters. The summed E-state index contributed by atoms with van der Waals surface area (Å²) in [6, 6.07) is 7.78. The first kappa shape index (κ1) is 13.9. The van der Waals surface area contributed by atoms with Crippen molar-refractivity contribution in [2.24, 2.45) is 0 Å². The molecule has 1 N–H and O–H groups in total. The summed E-state index contributed by atoms with van der Waals surface area (Å²) < 4.78 is 5.15. The summed E-state index contributed by atoms with van der Waals surface area (Å²) in [7, 11) is 1.66. The van der Waals surface area contributed by atoms with Crippen molar-refractivity contribution in [1.29, 1.82) is 0 Å². The zero-order valence-electron chi connectivity index (χ0n) is 11.5. The second kappa shape index (κ2) is 7.14. The van der Waals surface area contributed by atoms with E-state index in [1.165, 1.54) is 12.8 Å². The number of carbonyl (C=O) groups excluding carboxylic acids is 1. The molecule has 4 nitrogen and oxygen atoms in total. The average molecular weight is 262 g/mol. The minimum absolute atomic E-state index is 0.00505. The summed E-state index contributed by atoms with van der Waals surface area (Å²) in [5.74, 6) is 0. The van der Waals surface area contributed by atoms with E-state index in [0.717, 1.165) is 37.2 Å².